The van der Waals surface area contributed by atoms with Crippen molar-refractivity contribution < 1.29 is 17.9 Å². The second-order valence-corrected chi connectivity index (χ2v) is 7.99. The van der Waals surface area contributed by atoms with E-state index in [0.29, 0.717) is 17.1 Å². The molecule has 3 aromatic rings. The normalized spacial score (nSPS) is 11.2. The van der Waals surface area contributed by atoms with Crippen molar-refractivity contribution >= 4 is 38.1 Å². The summed E-state index contributed by atoms with van der Waals surface area (Å²) in [6.07, 6.45) is 1.07. The highest BCUT2D eigenvalue weighted by Crippen LogP contribution is 2.23. The van der Waals surface area contributed by atoms with Crippen LogP contribution in [0.5, 0.6) is 5.75 Å². The maximum Gasteiger partial charge on any atom is 0.245 e. The van der Waals surface area contributed by atoms with Crippen molar-refractivity contribution in [3.63, 3.8) is 0 Å². The Balaban J connectivity index is 1.81. The van der Waals surface area contributed by atoms with Crippen LogP contribution in [0.15, 0.2) is 66.7 Å². The zero-order valence-electron chi connectivity index (χ0n) is 15.0. The summed E-state index contributed by atoms with van der Waals surface area (Å²) in [5.74, 6) is 0.0783. The predicted octanol–water partition coefficient (Wildman–Crippen LogP) is 3.25. The van der Waals surface area contributed by atoms with Crippen molar-refractivity contribution in [1.29, 1.82) is 0 Å². The van der Waals surface area contributed by atoms with Gasteiger partial charge in [-0.25, -0.2) is 8.42 Å². The Morgan fingerprint density at radius 1 is 1.00 bits per heavy atom. The van der Waals surface area contributed by atoms with Gasteiger partial charge in [-0.05, 0) is 35.0 Å². The van der Waals surface area contributed by atoms with E-state index in [-0.39, 0.29) is 6.54 Å². The Kier molecular flexibility index (Phi) is 5.32. The number of hydrogen-bond donors (Lipinski definition) is 1. The molecule has 1 N–H and O–H groups in total. The molecule has 6 nitrogen and oxygen atoms in total. The fraction of sp³-hybridized carbons (Fsp3) is 0.150. The second kappa shape index (κ2) is 7.67. The fourth-order valence-corrected chi connectivity index (χ4v) is 3.61. The third kappa shape index (κ3) is 4.57. The van der Waals surface area contributed by atoms with Crippen LogP contribution in [-0.2, 0) is 14.8 Å². The van der Waals surface area contributed by atoms with Crippen LogP contribution in [0.1, 0.15) is 0 Å². The molecule has 0 bridgehead atoms. The molecule has 27 heavy (non-hydrogen) atoms. The van der Waals surface area contributed by atoms with Gasteiger partial charge in [-0.3, -0.25) is 9.10 Å². The first-order valence-corrected chi connectivity index (χ1v) is 10.1. The molecule has 3 rings (SSSR count). The van der Waals surface area contributed by atoms with Crippen molar-refractivity contribution in [1.82, 2.24) is 0 Å². The van der Waals surface area contributed by atoms with Crippen LogP contribution >= 0.6 is 0 Å². The van der Waals surface area contributed by atoms with Crippen LogP contribution in [0.3, 0.4) is 0 Å². The lowest BCUT2D eigenvalue weighted by Gasteiger charge is -2.22. The number of anilines is 2. The average Bonchev–Trinajstić information content (AvgIpc) is 2.65. The number of carbonyl (C=O) groups is 1. The summed E-state index contributed by atoms with van der Waals surface area (Å²) in [4.78, 5) is 12.5. The lowest BCUT2D eigenvalue weighted by atomic mass is 10.1. The maximum atomic E-state index is 12.5. The first-order valence-electron chi connectivity index (χ1n) is 8.27. The third-order valence-corrected chi connectivity index (χ3v) is 5.20. The Hall–Kier alpha value is -3.06. The van der Waals surface area contributed by atoms with E-state index in [9.17, 15) is 13.2 Å². The Morgan fingerprint density at radius 2 is 1.74 bits per heavy atom. The number of sulfonamides is 1. The molecule has 7 heteroatoms. The van der Waals surface area contributed by atoms with E-state index >= 15 is 0 Å². The van der Waals surface area contributed by atoms with Gasteiger partial charge in [0, 0.05) is 11.8 Å². The number of nitrogens with zero attached hydrogens (tertiary/aromatic N) is 1. The van der Waals surface area contributed by atoms with Crippen molar-refractivity contribution in [3.8, 4) is 5.75 Å². The number of hydrogen-bond acceptors (Lipinski definition) is 4. The number of ether oxygens (including phenoxy) is 1. The first kappa shape index (κ1) is 18.7. The average molecular weight is 384 g/mol. The van der Waals surface area contributed by atoms with Crippen LogP contribution in [0.4, 0.5) is 11.4 Å². The predicted molar refractivity (Wildman–Crippen MR) is 108 cm³/mol. The summed E-state index contributed by atoms with van der Waals surface area (Å²) < 4.78 is 30.6. The Morgan fingerprint density at radius 3 is 2.44 bits per heavy atom. The van der Waals surface area contributed by atoms with Gasteiger partial charge in [0.15, 0.2) is 0 Å². The van der Waals surface area contributed by atoms with E-state index in [4.69, 9.17) is 4.74 Å². The molecule has 1 amide bonds. The molecule has 140 valence electrons. The molecule has 0 aliphatic heterocycles. The van der Waals surface area contributed by atoms with E-state index in [2.05, 4.69) is 5.32 Å². The van der Waals surface area contributed by atoms with Gasteiger partial charge in [0.05, 0.1) is 19.1 Å². The lowest BCUT2D eigenvalue weighted by Crippen LogP contribution is -2.37. The van der Waals surface area contributed by atoms with Gasteiger partial charge in [-0.1, -0.05) is 36.4 Å². The quantitative estimate of drug-likeness (QED) is 0.708. The van der Waals surface area contributed by atoms with Crippen LogP contribution in [-0.4, -0.2) is 34.2 Å². The van der Waals surface area contributed by atoms with Crippen LogP contribution < -0.4 is 14.4 Å². The molecule has 3 aromatic carbocycles. The number of fused-ring (bicyclic) bond motifs is 1. The van der Waals surface area contributed by atoms with Gasteiger partial charge in [0.25, 0.3) is 0 Å². The minimum absolute atomic E-state index is 0.334. The number of amides is 1. The molecular formula is C20H20N2O4S. The summed E-state index contributed by atoms with van der Waals surface area (Å²) in [6.45, 7) is -0.334. The minimum Gasteiger partial charge on any atom is -0.497 e. The third-order valence-electron chi connectivity index (χ3n) is 4.06. The molecular weight excluding hydrogens is 364 g/mol. The number of benzene rings is 3. The van der Waals surface area contributed by atoms with Crippen molar-refractivity contribution in [3.05, 3.63) is 66.7 Å². The lowest BCUT2D eigenvalue weighted by molar-refractivity contribution is -0.114. The Labute approximate surface area is 158 Å². The second-order valence-electron chi connectivity index (χ2n) is 6.08. The molecule has 0 aliphatic rings. The summed E-state index contributed by atoms with van der Waals surface area (Å²) >= 11 is 0. The molecule has 0 atom stereocenters. The SMILES string of the molecule is COc1cccc(N(CC(=O)Nc2ccc3ccccc3c2)S(C)(=O)=O)c1. The summed E-state index contributed by atoms with van der Waals surface area (Å²) in [5.41, 5.74) is 0.975. The van der Waals surface area contributed by atoms with Crippen LogP contribution in [0.25, 0.3) is 10.8 Å². The minimum atomic E-state index is -3.65. The Bertz CT molecular complexity index is 1080. The van der Waals surface area contributed by atoms with Gasteiger partial charge in [-0.15, -0.1) is 0 Å². The van der Waals surface area contributed by atoms with E-state index in [1.807, 2.05) is 36.4 Å². The van der Waals surface area contributed by atoms with E-state index in [0.717, 1.165) is 21.3 Å². The molecule has 0 heterocycles. The van der Waals surface area contributed by atoms with Gasteiger partial charge in [0.1, 0.15) is 12.3 Å². The van der Waals surface area contributed by atoms with Crippen molar-refractivity contribution in [2.24, 2.45) is 0 Å². The summed E-state index contributed by atoms with van der Waals surface area (Å²) in [7, 11) is -2.15. The molecule has 0 saturated heterocycles. The van der Waals surface area contributed by atoms with Gasteiger partial charge in [0.2, 0.25) is 15.9 Å². The molecule has 0 unspecified atom stereocenters. The molecule has 0 aliphatic carbocycles. The number of nitrogens with one attached hydrogen (secondary N) is 1. The standard InChI is InChI=1S/C20H20N2O4S/c1-26-19-9-5-8-18(13-19)22(27(2,24)25)14-20(23)21-17-11-10-15-6-3-4-7-16(15)12-17/h3-13H,14H2,1-2H3,(H,21,23). The topological polar surface area (TPSA) is 75.7 Å². The fourth-order valence-electron chi connectivity index (χ4n) is 2.76. The highest BCUT2D eigenvalue weighted by Gasteiger charge is 2.21. The van der Waals surface area contributed by atoms with Crippen LogP contribution in [0.2, 0.25) is 0 Å². The summed E-state index contributed by atoms with van der Waals surface area (Å²) in [5, 5.41) is 4.81. The molecule has 0 aromatic heterocycles. The van der Waals surface area contributed by atoms with Gasteiger partial charge in [-0.2, -0.15) is 0 Å². The molecule has 0 fully saturated rings. The monoisotopic (exact) mass is 384 g/mol. The maximum absolute atomic E-state index is 12.5. The first-order chi connectivity index (χ1) is 12.9. The smallest absolute Gasteiger partial charge is 0.245 e. The van der Waals surface area contributed by atoms with Crippen LogP contribution in [0, 0.1) is 0 Å². The van der Waals surface area contributed by atoms with Crippen molar-refractivity contribution in [2.75, 3.05) is 29.5 Å². The van der Waals surface area contributed by atoms with Gasteiger partial charge < -0.3 is 10.1 Å². The number of rotatable bonds is 6. The summed E-state index contributed by atoms with van der Waals surface area (Å²) in [6, 6.07) is 19.9. The van der Waals surface area contributed by atoms with E-state index in [1.165, 1.54) is 7.11 Å². The largest absolute Gasteiger partial charge is 0.497 e. The number of carbonyl (C=O) groups excluding carboxylic acids is 1. The van der Waals surface area contributed by atoms with E-state index < -0.39 is 15.9 Å². The van der Waals surface area contributed by atoms with Crippen molar-refractivity contribution in [2.45, 2.75) is 0 Å². The van der Waals surface area contributed by atoms with Gasteiger partial charge >= 0.3 is 0 Å². The molecule has 0 saturated carbocycles. The highest BCUT2D eigenvalue weighted by atomic mass is 32.2. The zero-order valence-corrected chi connectivity index (χ0v) is 15.9. The molecule has 0 spiro atoms. The number of methoxy groups -OCH3 is 1. The zero-order chi connectivity index (χ0) is 19.4. The van der Waals surface area contributed by atoms with E-state index in [1.54, 1.807) is 30.3 Å². The highest BCUT2D eigenvalue weighted by molar-refractivity contribution is 7.92. The molecule has 0 radical (unpaired) electrons.